The Morgan fingerprint density at radius 2 is 1.75 bits per heavy atom. The van der Waals surface area contributed by atoms with Crippen LogP contribution in [0.2, 0.25) is 0 Å². The Kier molecular flexibility index (Phi) is 4.38. The lowest BCUT2D eigenvalue weighted by molar-refractivity contribution is 0.424. The summed E-state index contributed by atoms with van der Waals surface area (Å²) in [7, 11) is 0. The fourth-order valence-corrected chi connectivity index (χ4v) is 4.96. The first-order chi connectivity index (χ1) is 13.7. The van der Waals surface area contributed by atoms with Gasteiger partial charge in [0, 0.05) is 11.7 Å². The first-order valence-electron chi connectivity index (χ1n) is 10.4. The molecule has 0 radical (unpaired) electrons. The number of hydrogen-bond donors (Lipinski definition) is 0. The molecule has 2 atom stereocenters. The van der Waals surface area contributed by atoms with Gasteiger partial charge in [0.1, 0.15) is 6.04 Å². The van der Waals surface area contributed by atoms with Gasteiger partial charge in [-0.15, -0.1) is 5.10 Å². The molecular weight excluding hydrogens is 346 g/mol. The SMILES string of the molecule is Cc1ccc([C@@H](c2nnnn2C2CCCC2)N2c3ccccc3C[C@@H]2C)cc1. The lowest BCUT2D eigenvalue weighted by Gasteiger charge is -2.34. The van der Waals surface area contributed by atoms with E-state index in [1.807, 2.05) is 0 Å². The van der Waals surface area contributed by atoms with Gasteiger partial charge in [0.05, 0.1) is 6.04 Å². The summed E-state index contributed by atoms with van der Waals surface area (Å²) in [6.07, 6.45) is 5.93. The van der Waals surface area contributed by atoms with E-state index in [9.17, 15) is 0 Å². The number of tetrazole rings is 1. The van der Waals surface area contributed by atoms with Crippen LogP contribution in [-0.2, 0) is 6.42 Å². The topological polar surface area (TPSA) is 46.8 Å². The average molecular weight is 374 g/mol. The minimum Gasteiger partial charge on any atom is -0.354 e. The Morgan fingerprint density at radius 3 is 2.54 bits per heavy atom. The third kappa shape index (κ3) is 2.89. The molecule has 2 heterocycles. The van der Waals surface area contributed by atoms with E-state index in [-0.39, 0.29) is 6.04 Å². The number of fused-ring (bicyclic) bond motifs is 1. The molecule has 1 saturated carbocycles. The molecule has 1 aliphatic carbocycles. The van der Waals surface area contributed by atoms with Crippen LogP contribution in [-0.4, -0.2) is 26.2 Å². The number of para-hydroxylation sites is 1. The molecule has 0 amide bonds. The predicted molar refractivity (Wildman–Crippen MR) is 110 cm³/mol. The number of nitrogens with zero attached hydrogens (tertiary/aromatic N) is 5. The van der Waals surface area contributed by atoms with E-state index in [4.69, 9.17) is 0 Å². The summed E-state index contributed by atoms with van der Waals surface area (Å²) in [5.74, 6) is 0.972. The zero-order chi connectivity index (χ0) is 19.1. The van der Waals surface area contributed by atoms with E-state index in [1.165, 1.54) is 48.1 Å². The molecule has 0 N–H and O–H groups in total. The van der Waals surface area contributed by atoms with Gasteiger partial charge in [-0.25, -0.2) is 4.68 Å². The second kappa shape index (κ2) is 7.04. The molecule has 0 saturated heterocycles. The normalized spacial score (nSPS) is 20.5. The maximum absolute atomic E-state index is 4.57. The number of rotatable bonds is 4. The summed E-state index contributed by atoms with van der Waals surface area (Å²) in [6.45, 7) is 4.44. The van der Waals surface area contributed by atoms with Crippen LogP contribution in [0.4, 0.5) is 5.69 Å². The van der Waals surface area contributed by atoms with E-state index in [1.54, 1.807) is 0 Å². The Balaban J connectivity index is 1.65. The minimum absolute atomic E-state index is 0.0230. The van der Waals surface area contributed by atoms with Gasteiger partial charge in [-0.1, -0.05) is 60.9 Å². The molecule has 3 aromatic rings. The smallest absolute Gasteiger partial charge is 0.178 e. The van der Waals surface area contributed by atoms with Gasteiger partial charge in [-0.3, -0.25) is 0 Å². The summed E-state index contributed by atoms with van der Waals surface area (Å²) < 4.78 is 2.12. The van der Waals surface area contributed by atoms with Crippen LogP contribution in [0.15, 0.2) is 48.5 Å². The van der Waals surface area contributed by atoms with Crippen LogP contribution < -0.4 is 4.90 Å². The molecule has 0 bridgehead atoms. The van der Waals surface area contributed by atoms with Crippen molar-refractivity contribution in [2.45, 2.75) is 64.1 Å². The zero-order valence-electron chi connectivity index (χ0n) is 16.6. The molecule has 5 nitrogen and oxygen atoms in total. The van der Waals surface area contributed by atoms with Gasteiger partial charge in [0.2, 0.25) is 0 Å². The maximum atomic E-state index is 4.57. The summed E-state index contributed by atoms with van der Waals surface area (Å²) in [4.78, 5) is 2.52. The van der Waals surface area contributed by atoms with Crippen molar-refractivity contribution in [3.05, 3.63) is 71.0 Å². The number of anilines is 1. The van der Waals surface area contributed by atoms with Crippen molar-refractivity contribution < 1.29 is 0 Å². The van der Waals surface area contributed by atoms with Gasteiger partial charge in [-0.2, -0.15) is 0 Å². The van der Waals surface area contributed by atoms with Crippen molar-refractivity contribution in [2.75, 3.05) is 4.90 Å². The average Bonchev–Trinajstić information content (AvgIpc) is 3.44. The molecule has 2 aromatic carbocycles. The first-order valence-corrected chi connectivity index (χ1v) is 10.4. The van der Waals surface area contributed by atoms with Crippen LogP contribution in [0.25, 0.3) is 0 Å². The molecule has 144 valence electrons. The third-order valence-electron chi connectivity index (χ3n) is 6.36. The van der Waals surface area contributed by atoms with Crippen LogP contribution in [0, 0.1) is 6.92 Å². The molecule has 1 aromatic heterocycles. The van der Waals surface area contributed by atoms with Crippen molar-refractivity contribution in [3.8, 4) is 0 Å². The number of hydrogen-bond acceptors (Lipinski definition) is 4. The first kappa shape index (κ1) is 17.4. The molecule has 5 rings (SSSR count). The Bertz CT molecular complexity index is 955. The van der Waals surface area contributed by atoms with Gasteiger partial charge in [-0.05, 0) is 60.7 Å². The summed E-state index contributed by atoms with van der Waals surface area (Å²) in [6, 6.07) is 18.5. The highest BCUT2D eigenvalue weighted by Crippen LogP contribution is 2.42. The Hall–Kier alpha value is -2.69. The van der Waals surface area contributed by atoms with Crippen molar-refractivity contribution in [3.63, 3.8) is 0 Å². The Labute approximate surface area is 166 Å². The lowest BCUT2D eigenvalue weighted by atomic mass is 10.0. The summed E-state index contributed by atoms with van der Waals surface area (Å²) >= 11 is 0. The molecule has 28 heavy (non-hydrogen) atoms. The minimum atomic E-state index is 0.0230. The molecule has 0 unspecified atom stereocenters. The highest BCUT2D eigenvalue weighted by molar-refractivity contribution is 5.62. The predicted octanol–water partition coefficient (Wildman–Crippen LogP) is 4.64. The molecule has 1 fully saturated rings. The van der Waals surface area contributed by atoms with E-state index < -0.39 is 0 Å². The van der Waals surface area contributed by atoms with Crippen molar-refractivity contribution in [1.29, 1.82) is 0 Å². The van der Waals surface area contributed by atoms with Crippen molar-refractivity contribution >= 4 is 5.69 Å². The van der Waals surface area contributed by atoms with E-state index in [2.05, 4.69) is 87.5 Å². The van der Waals surface area contributed by atoms with Crippen molar-refractivity contribution in [1.82, 2.24) is 20.2 Å². The second-order valence-corrected chi connectivity index (χ2v) is 8.32. The third-order valence-corrected chi connectivity index (χ3v) is 6.36. The maximum Gasteiger partial charge on any atom is 0.178 e. The summed E-state index contributed by atoms with van der Waals surface area (Å²) in [5, 5.41) is 13.1. The summed E-state index contributed by atoms with van der Waals surface area (Å²) in [5.41, 5.74) is 5.24. The van der Waals surface area contributed by atoms with E-state index >= 15 is 0 Å². The van der Waals surface area contributed by atoms with E-state index in [0.29, 0.717) is 12.1 Å². The lowest BCUT2D eigenvalue weighted by Crippen LogP contribution is -2.36. The van der Waals surface area contributed by atoms with Gasteiger partial charge >= 0.3 is 0 Å². The second-order valence-electron chi connectivity index (χ2n) is 8.32. The number of benzene rings is 2. The van der Waals surface area contributed by atoms with Crippen molar-refractivity contribution in [2.24, 2.45) is 0 Å². The fourth-order valence-electron chi connectivity index (χ4n) is 4.96. The number of aryl methyl sites for hydroxylation is 1. The molecular formula is C23H27N5. The van der Waals surface area contributed by atoms with Gasteiger partial charge in [0.15, 0.2) is 5.82 Å². The van der Waals surface area contributed by atoms with Crippen LogP contribution >= 0.6 is 0 Å². The van der Waals surface area contributed by atoms with Crippen LogP contribution in [0.1, 0.15) is 67.2 Å². The van der Waals surface area contributed by atoms with Crippen LogP contribution in [0.5, 0.6) is 0 Å². The highest BCUT2D eigenvalue weighted by atomic mass is 15.6. The monoisotopic (exact) mass is 373 g/mol. The molecule has 1 aliphatic heterocycles. The van der Waals surface area contributed by atoms with Gasteiger partial charge in [0.25, 0.3) is 0 Å². The highest BCUT2D eigenvalue weighted by Gasteiger charge is 2.37. The van der Waals surface area contributed by atoms with Crippen LogP contribution in [0.3, 0.4) is 0 Å². The fraction of sp³-hybridized carbons (Fsp3) is 0.435. The van der Waals surface area contributed by atoms with Gasteiger partial charge < -0.3 is 4.90 Å². The largest absolute Gasteiger partial charge is 0.354 e. The van der Waals surface area contributed by atoms with E-state index in [0.717, 1.165) is 12.2 Å². The molecule has 2 aliphatic rings. The standard InChI is InChI=1S/C23H27N5/c1-16-11-13-18(14-12-16)22(23-24-25-26-28(23)20-8-4-5-9-20)27-17(2)15-19-7-3-6-10-21(19)27/h3,6-7,10-14,17,20,22H,4-5,8-9,15H2,1-2H3/t17-,22-/m0/s1. The number of aromatic nitrogens is 4. The quantitative estimate of drug-likeness (QED) is 0.668. The molecule has 5 heteroatoms. The molecule has 0 spiro atoms. The zero-order valence-corrected chi connectivity index (χ0v) is 16.6. The Morgan fingerprint density at radius 1 is 1.00 bits per heavy atom.